The van der Waals surface area contributed by atoms with E-state index in [4.69, 9.17) is 4.84 Å². The van der Waals surface area contributed by atoms with Gasteiger partial charge in [0.2, 0.25) is 0 Å². The number of carbonyl (C=O) groups is 1. The second kappa shape index (κ2) is 4.66. The highest BCUT2D eigenvalue weighted by Gasteiger charge is 2.46. The number of alkyl halides is 2. The summed E-state index contributed by atoms with van der Waals surface area (Å²) < 4.78 is 26.3. The van der Waals surface area contributed by atoms with Gasteiger partial charge in [-0.15, -0.1) is 0 Å². The van der Waals surface area contributed by atoms with Gasteiger partial charge in [-0.05, 0) is 6.92 Å². The minimum atomic E-state index is -3.03. The Balaban J connectivity index is 2.32. The molecule has 2 heterocycles. The van der Waals surface area contributed by atoms with Crippen LogP contribution in [0.2, 0.25) is 0 Å². The average Bonchev–Trinajstić information content (AvgIpc) is 2.85. The van der Waals surface area contributed by atoms with Crippen LogP contribution >= 0.6 is 11.3 Å². The number of hydroxylamine groups is 2. The maximum atomic E-state index is 13.1. The molecule has 0 spiro atoms. The zero-order chi connectivity index (χ0) is 14.4. The molecule has 0 aromatic carbocycles. The van der Waals surface area contributed by atoms with Crippen LogP contribution < -0.4 is 4.90 Å². The highest BCUT2D eigenvalue weighted by Crippen LogP contribution is 2.37. The number of aliphatic hydroxyl groups is 1. The van der Waals surface area contributed by atoms with Gasteiger partial charge < -0.3 is 5.11 Å². The Bertz CT molecular complexity index is 491. The van der Waals surface area contributed by atoms with E-state index < -0.39 is 24.2 Å². The molecule has 19 heavy (non-hydrogen) atoms. The fourth-order valence-corrected chi connectivity index (χ4v) is 2.62. The lowest BCUT2D eigenvalue weighted by Gasteiger charge is -2.16. The molecular weight excluding hydrogens is 280 g/mol. The smallest absolute Gasteiger partial charge is 0.352 e. The molecule has 1 aromatic rings. The molecule has 1 aromatic heterocycles. The van der Waals surface area contributed by atoms with E-state index in [1.807, 2.05) is 0 Å². The summed E-state index contributed by atoms with van der Waals surface area (Å²) in [4.78, 5) is 21.2. The third-order valence-electron chi connectivity index (χ3n) is 2.79. The van der Waals surface area contributed by atoms with E-state index in [2.05, 4.69) is 4.98 Å². The maximum absolute atomic E-state index is 13.1. The Hall–Kier alpha value is -1.32. The second-order valence-corrected chi connectivity index (χ2v) is 5.22. The molecule has 0 saturated carbocycles. The monoisotopic (exact) mass is 293 g/mol. The van der Waals surface area contributed by atoms with Crippen molar-refractivity contribution in [2.75, 3.05) is 12.0 Å². The zero-order valence-electron chi connectivity index (χ0n) is 10.5. The van der Waals surface area contributed by atoms with Gasteiger partial charge in [-0.2, -0.15) is 5.06 Å². The molecule has 0 aliphatic carbocycles. The summed E-state index contributed by atoms with van der Waals surface area (Å²) in [5.41, 5.74) is 0. The van der Waals surface area contributed by atoms with Crippen LogP contribution in [0.25, 0.3) is 0 Å². The largest absolute Gasteiger partial charge is 0.371 e. The van der Waals surface area contributed by atoms with Crippen LogP contribution in [-0.2, 0) is 10.8 Å². The van der Waals surface area contributed by atoms with Crippen molar-refractivity contribution in [2.24, 2.45) is 0 Å². The minimum absolute atomic E-state index is 0.0143. The predicted octanol–water partition coefficient (Wildman–Crippen LogP) is 1.77. The lowest BCUT2D eigenvalue weighted by Crippen LogP contribution is -2.35. The summed E-state index contributed by atoms with van der Waals surface area (Å²) in [6.45, 7) is 2.33. The van der Waals surface area contributed by atoms with E-state index in [1.54, 1.807) is 6.92 Å². The summed E-state index contributed by atoms with van der Waals surface area (Å²) in [5.74, 6) is -3.03. The average molecular weight is 293 g/mol. The van der Waals surface area contributed by atoms with Crippen molar-refractivity contribution in [3.63, 3.8) is 0 Å². The molecule has 9 heteroatoms. The van der Waals surface area contributed by atoms with Crippen molar-refractivity contribution >= 4 is 22.5 Å². The third-order valence-corrected chi connectivity index (χ3v) is 3.96. The van der Waals surface area contributed by atoms with Crippen molar-refractivity contribution < 1.29 is 23.5 Å². The van der Waals surface area contributed by atoms with Crippen molar-refractivity contribution in [1.82, 2.24) is 10.0 Å². The molecule has 2 amide bonds. The van der Waals surface area contributed by atoms with Crippen LogP contribution in [0.15, 0.2) is 6.20 Å². The Labute approximate surface area is 112 Å². The van der Waals surface area contributed by atoms with Crippen LogP contribution in [0.1, 0.15) is 18.7 Å². The number of rotatable bonds is 3. The third kappa shape index (κ3) is 2.28. The number of halogens is 2. The number of aromatic nitrogens is 1. The van der Waals surface area contributed by atoms with Crippen molar-refractivity contribution in [2.45, 2.75) is 32.0 Å². The number of hydrogen-bond donors (Lipinski definition) is 1. The molecule has 1 fully saturated rings. The summed E-state index contributed by atoms with van der Waals surface area (Å²) in [5, 5.41) is 10.9. The van der Waals surface area contributed by atoms with Gasteiger partial charge in [0.25, 0.3) is 5.92 Å². The molecule has 1 aliphatic rings. The van der Waals surface area contributed by atoms with Crippen LogP contribution in [0, 0.1) is 0 Å². The molecule has 6 nitrogen and oxygen atoms in total. The quantitative estimate of drug-likeness (QED) is 0.922. The van der Waals surface area contributed by atoms with E-state index in [9.17, 15) is 18.7 Å². The molecule has 0 radical (unpaired) electrons. The number of amides is 2. The molecule has 2 atom stereocenters. The molecule has 1 N–H and O–H groups in total. The molecule has 2 rings (SSSR count). The van der Waals surface area contributed by atoms with E-state index in [0.717, 1.165) is 23.1 Å². The minimum Gasteiger partial charge on any atom is -0.371 e. The first-order valence-corrected chi connectivity index (χ1v) is 6.27. The first-order valence-electron chi connectivity index (χ1n) is 5.46. The van der Waals surface area contributed by atoms with Crippen LogP contribution in [0.5, 0.6) is 0 Å². The Morgan fingerprint density at radius 2 is 2.21 bits per heavy atom. The van der Waals surface area contributed by atoms with Crippen LogP contribution in [-0.4, -0.2) is 40.6 Å². The summed E-state index contributed by atoms with van der Waals surface area (Å²) in [6.07, 6.45) is -0.197. The number of carbonyl (C=O) groups excluding carboxylic acids is 1. The van der Waals surface area contributed by atoms with Gasteiger partial charge in [0, 0.05) is 13.1 Å². The Morgan fingerprint density at radius 1 is 1.58 bits per heavy atom. The fraction of sp³-hybridized carbons (Fsp3) is 0.600. The topological polar surface area (TPSA) is 65.9 Å². The van der Waals surface area contributed by atoms with Crippen molar-refractivity contribution in [1.29, 1.82) is 0 Å². The lowest BCUT2D eigenvalue weighted by atomic mass is 10.3. The van der Waals surface area contributed by atoms with Gasteiger partial charge in [0.1, 0.15) is 6.04 Å². The van der Waals surface area contributed by atoms with Crippen molar-refractivity contribution in [3.05, 3.63) is 11.1 Å². The van der Waals surface area contributed by atoms with E-state index in [1.165, 1.54) is 7.11 Å². The maximum Gasteiger partial charge on any atom is 0.352 e. The highest BCUT2D eigenvalue weighted by atomic mass is 32.1. The van der Waals surface area contributed by atoms with E-state index in [-0.39, 0.29) is 10.0 Å². The molecular formula is C10H13F2N3O3S. The lowest BCUT2D eigenvalue weighted by molar-refractivity contribution is -0.111. The number of anilines is 1. The standard InChI is InChI=1S/C10H13F2N3O3S/c1-5-7(16)14(9(17)15(5)18-3)8-13-4-6(19-8)10(2,11)12/h4-5,7,16H,1-3H3. The highest BCUT2D eigenvalue weighted by molar-refractivity contribution is 7.15. The molecule has 0 bridgehead atoms. The number of aliphatic hydroxyl groups excluding tert-OH is 1. The summed E-state index contributed by atoms with van der Waals surface area (Å²) >= 11 is 0.661. The Morgan fingerprint density at radius 3 is 2.63 bits per heavy atom. The number of urea groups is 1. The Kier molecular flexibility index (Phi) is 3.45. The molecule has 106 valence electrons. The van der Waals surface area contributed by atoms with Crippen molar-refractivity contribution in [3.8, 4) is 0 Å². The molecule has 1 saturated heterocycles. The van der Waals surface area contributed by atoms with Gasteiger partial charge in [0.05, 0.1) is 12.0 Å². The molecule has 2 unspecified atom stereocenters. The van der Waals surface area contributed by atoms with E-state index in [0.29, 0.717) is 11.3 Å². The number of nitrogens with zero attached hydrogens (tertiary/aromatic N) is 3. The summed E-state index contributed by atoms with van der Waals surface area (Å²) in [6, 6.07) is -1.25. The van der Waals surface area contributed by atoms with Crippen LogP contribution in [0.4, 0.5) is 18.7 Å². The number of thiazole rings is 1. The first-order chi connectivity index (χ1) is 8.77. The first kappa shape index (κ1) is 14.1. The van der Waals surface area contributed by atoms with Gasteiger partial charge >= 0.3 is 6.03 Å². The van der Waals surface area contributed by atoms with Gasteiger partial charge in [-0.25, -0.2) is 23.5 Å². The van der Waals surface area contributed by atoms with Gasteiger partial charge in [0.15, 0.2) is 11.4 Å². The fourth-order valence-electron chi connectivity index (χ4n) is 1.75. The van der Waals surface area contributed by atoms with Gasteiger partial charge in [-0.1, -0.05) is 11.3 Å². The SMILES string of the molecule is CON1C(=O)N(c2ncc(C(C)(F)F)s2)C(O)C1C. The van der Waals surface area contributed by atoms with E-state index >= 15 is 0 Å². The molecule has 1 aliphatic heterocycles. The second-order valence-electron chi connectivity index (χ2n) is 4.21. The van der Waals surface area contributed by atoms with Gasteiger partial charge in [-0.3, -0.25) is 4.84 Å². The normalized spacial score (nSPS) is 24.4. The van der Waals surface area contributed by atoms with Crippen LogP contribution in [0.3, 0.4) is 0 Å². The number of hydrogen-bond acceptors (Lipinski definition) is 5. The zero-order valence-corrected chi connectivity index (χ0v) is 11.3. The predicted molar refractivity (Wildman–Crippen MR) is 63.9 cm³/mol. The summed E-state index contributed by atoms with van der Waals surface area (Å²) in [7, 11) is 1.29.